The van der Waals surface area contributed by atoms with Gasteiger partial charge in [0, 0.05) is 29.8 Å². The number of rotatable bonds is 10. The molecule has 0 bridgehead atoms. The maximum absolute atomic E-state index is 14.0. The van der Waals surface area contributed by atoms with Crippen molar-refractivity contribution < 1.29 is 27.8 Å². The molecular weight excluding hydrogens is 566 g/mol. The summed E-state index contributed by atoms with van der Waals surface area (Å²) >= 11 is 0. The van der Waals surface area contributed by atoms with Gasteiger partial charge in [-0.2, -0.15) is 0 Å². The van der Waals surface area contributed by atoms with Crippen LogP contribution in [-0.4, -0.2) is 57.3 Å². The fourth-order valence-electron chi connectivity index (χ4n) is 5.98. The summed E-state index contributed by atoms with van der Waals surface area (Å²) in [5.74, 6) is 0.259. The van der Waals surface area contributed by atoms with E-state index in [2.05, 4.69) is 16.4 Å². The number of ether oxygens (including phenoxy) is 3. The van der Waals surface area contributed by atoms with E-state index in [9.17, 15) is 13.6 Å². The molecule has 2 aliphatic rings. The van der Waals surface area contributed by atoms with Crippen LogP contribution in [0.25, 0.3) is 11.0 Å². The van der Waals surface area contributed by atoms with Gasteiger partial charge in [-0.1, -0.05) is 6.07 Å². The Hall–Kier alpha value is -3.89. The summed E-state index contributed by atoms with van der Waals surface area (Å²) in [5.41, 5.74) is 3.36. The molecule has 1 unspecified atom stereocenters. The average molecular weight is 605 g/mol. The van der Waals surface area contributed by atoms with Gasteiger partial charge in [0.15, 0.2) is 0 Å². The summed E-state index contributed by atoms with van der Waals surface area (Å²) in [4.78, 5) is 24.8. The second-order valence-corrected chi connectivity index (χ2v) is 11.9. The summed E-state index contributed by atoms with van der Waals surface area (Å²) in [5, 5.41) is 0. The van der Waals surface area contributed by atoms with E-state index >= 15 is 0 Å². The SMILES string of the molecule is CC(C)OC(=O)c1ccc2nc([C@H](C)N3CCC(c4cccc(OCc5cc(F)ccc5F)n4)CC3)n(CC3CCO3)c2c1. The van der Waals surface area contributed by atoms with E-state index in [1.165, 1.54) is 0 Å². The van der Waals surface area contributed by atoms with Crippen LogP contribution >= 0.6 is 0 Å². The summed E-state index contributed by atoms with van der Waals surface area (Å²) in [6, 6.07) is 14.6. The van der Waals surface area contributed by atoms with Gasteiger partial charge < -0.3 is 18.8 Å². The molecule has 0 saturated carbocycles. The maximum atomic E-state index is 14.0. The number of esters is 1. The van der Waals surface area contributed by atoms with Crippen molar-refractivity contribution >= 4 is 17.0 Å². The number of likely N-dealkylation sites (tertiary alicyclic amines) is 1. The van der Waals surface area contributed by atoms with Gasteiger partial charge in [0.2, 0.25) is 5.88 Å². The first-order valence-corrected chi connectivity index (χ1v) is 15.4. The molecule has 6 rings (SSSR count). The Kier molecular flexibility index (Phi) is 8.91. The molecular formula is C34H38F2N4O4. The first kappa shape index (κ1) is 30.1. The van der Waals surface area contributed by atoms with Gasteiger partial charge in [-0.25, -0.2) is 23.5 Å². The lowest BCUT2D eigenvalue weighted by Gasteiger charge is -2.36. The number of carbonyl (C=O) groups is 1. The Bertz CT molecular complexity index is 1630. The van der Waals surface area contributed by atoms with Crippen molar-refractivity contribution in [2.75, 3.05) is 19.7 Å². The van der Waals surface area contributed by atoms with Crippen molar-refractivity contribution in [1.82, 2.24) is 19.4 Å². The quantitative estimate of drug-likeness (QED) is 0.189. The molecule has 232 valence electrons. The van der Waals surface area contributed by atoms with E-state index < -0.39 is 11.6 Å². The van der Waals surface area contributed by atoms with E-state index in [4.69, 9.17) is 24.2 Å². The highest BCUT2D eigenvalue weighted by Crippen LogP contribution is 2.34. The third kappa shape index (κ3) is 6.61. The van der Waals surface area contributed by atoms with Crippen LogP contribution in [0.2, 0.25) is 0 Å². The van der Waals surface area contributed by atoms with Crippen LogP contribution in [-0.2, 0) is 22.6 Å². The molecule has 0 amide bonds. The first-order valence-electron chi connectivity index (χ1n) is 15.4. The van der Waals surface area contributed by atoms with E-state index in [0.717, 1.165) is 79.7 Å². The second-order valence-electron chi connectivity index (χ2n) is 11.9. The molecule has 2 fully saturated rings. The monoisotopic (exact) mass is 604 g/mol. The van der Waals surface area contributed by atoms with Crippen molar-refractivity contribution in [1.29, 1.82) is 0 Å². The van der Waals surface area contributed by atoms with Crippen LogP contribution in [0.4, 0.5) is 8.78 Å². The van der Waals surface area contributed by atoms with E-state index in [1.807, 2.05) is 38.1 Å². The minimum absolute atomic E-state index is 0.0540. The fourth-order valence-corrected chi connectivity index (χ4v) is 5.98. The summed E-state index contributed by atoms with van der Waals surface area (Å²) < 4.78 is 46.7. The minimum Gasteiger partial charge on any atom is -0.473 e. The number of imidazole rings is 1. The topological polar surface area (TPSA) is 78.7 Å². The van der Waals surface area contributed by atoms with Gasteiger partial charge >= 0.3 is 5.97 Å². The van der Waals surface area contributed by atoms with Crippen molar-refractivity contribution in [3.05, 3.63) is 88.9 Å². The highest BCUT2D eigenvalue weighted by atomic mass is 19.1. The first-order chi connectivity index (χ1) is 21.2. The number of fused-ring (bicyclic) bond motifs is 1. The number of pyridine rings is 1. The van der Waals surface area contributed by atoms with Crippen molar-refractivity contribution in [3.8, 4) is 5.88 Å². The fraction of sp³-hybridized carbons (Fsp3) is 0.441. The molecule has 4 aromatic rings. The van der Waals surface area contributed by atoms with Gasteiger partial charge in [-0.15, -0.1) is 0 Å². The maximum Gasteiger partial charge on any atom is 0.338 e. The zero-order valence-electron chi connectivity index (χ0n) is 25.3. The van der Waals surface area contributed by atoms with E-state index in [1.54, 1.807) is 12.1 Å². The summed E-state index contributed by atoms with van der Waals surface area (Å²) in [7, 11) is 0. The number of halogens is 2. The number of benzene rings is 2. The molecule has 0 N–H and O–H groups in total. The molecule has 2 aliphatic heterocycles. The Morgan fingerprint density at radius 1 is 1.02 bits per heavy atom. The largest absolute Gasteiger partial charge is 0.473 e. The summed E-state index contributed by atoms with van der Waals surface area (Å²) in [6.07, 6.45) is 2.77. The number of hydrogen-bond donors (Lipinski definition) is 0. The van der Waals surface area contributed by atoms with Crippen LogP contribution in [0, 0.1) is 11.6 Å². The molecule has 2 atom stereocenters. The van der Waals surface area contributed by atoms with Crippen LogP contribution in [0.3, 0.4) is 0 Å². The smallest absolute Gasteiger partial charge is 0.338 e. The standard InChI is InChI=1S/C34H38F2N4O4/c1-21(2)44-34(41)24-7-10-30-31(18-24)40(19-27-13-16-42-27)33(38-30)22(3)39-14-11-23(12-15-39)29-5-4-6-32(37-29)43-20-25-17-26(35)8-9-28(25)36/h4-10,17-18,21-23,27H,11-16,19-20H2,1-3H3/t22-,27?/m0/s1. The second kappa shape index (κ2) is 13.0. The Labute approximate surface area is 256 Å². The van der Waals surface area contributed by atoms with Gasteiger partial charge in [0.1, 0.15) is 24.1 Å². The molecule has 0 spiro atoms. The number of hydrogen-bond acceptors (Lipinski definition) is 7. The number of aromatic nitrogens is 3. The molecule has 0 aliphatic carbocycles. The Morgan fingerprint density at radius 2 is 1.82 bits per heavy atom. The van der Waals surface area contributed by atoms with Gasteiger partial charge in [-0.05, 0) is 95.6 Å². The number of carbonyl (C=O) groups excluding carboxylic acids is 1. The average Bonchev–Trinajstić information content (AvgIpc) is 3.36. The van der Waals surface area contributed by atoms with Gasteiger partial charge in [0.05, 0.1) is 41.4 Å². The molecule has 2 aromatic heterocycles. The Morgan fingerprint density at radius 3 is 2.55 bits per heavy atom. The minimum atomic E-state index is -0.508. The zero-order valence-corrected chi connectivity index (χ0v) is 25.3. The van der Waals surface area contributed by atoms with Crippen molar-refractivity contribution in [2.45, 2.75) is 77.4 Å². The molecule has 8 nitrogen and oxygen atoms in total. The molecule has 44 heavy (non-hydrogen) atoms. The lowest BCUT2D eigenvalue weighted by molar-refractivity contribution is -0.0594. The summed E-state index contributed by atoms with van der Waals surface area (Å²) in [6.45, 7) is 8.96. The molecule has 0 radical (unpaired) electrons. The Balaban J connectivity index is 1.15. The van der Waals surface area contributed by atoms with E-state index in [0.29, 0.717) is 18.0 Å². The van der Waals surface area contributed by atoms with Crippen molar-refractivity contribution in [2.24, 2.45) is 0 Å². The predicted molar refractivity (Wildman–Crippen MR) is 162 cm³/mol. The highest BCUT2D eigenvalue weighted by molar-refractivity contribution is 5.94. The van der Waals surface area contributed by atoms with Crippen molar-refractivity contribution in [3.63, 3.8) is 0 Å². The van der Waals surface area contributed by atoms with Crippen LogP contribution < -0.4 is 4.74 Å². The normalized spacial score (nSPS) is 18.4. The number of piperidine rings is 1. The van der Waals surface area contributed by atoms with Gasteiger partial charge in [0.25, 0.3) is 0 Å². The molecule has 4 heterocycles. The van der Waals surface area contributed by atoms with Crippen LogP contribution in [0.15, 0.2) is 54.6 Å². The third-order valence-electron chi connectivity index (χ3n) is 8.53. The predicted octanol–water partition coefficient (Wildman–Crippen LogP) is 6.58. The van der Waals surface area contributed by atoms with Crippen LogP contribution in [0.5, 0.6) is 5.88 Å². The molecule has 2 aromatic carbocycles. The van der Waals surface area contributed by atoms with E-state index in [-0.39, 0.29) is 42.3 Å². The van der Waals surface area contributed by atoms with Crippen LogP contribution in [0.1, 0.15) is 79.4 Å². The molecule has 10 heteroatoms. The van der Waals surface area contributed by atoms with Gasteiger partial charge in [-0.3, -0.25) is 4.90 Å². The zero-order chi connectivity index (χ0) is 30.8. The lowest BCUT2D eigenvalue weighted by Crippen LogP contribution is -2.37. The molecule has 2 saturated heterocycles. The number of nitrogens with zero attached hydrogens (tertiary/aromatic N) is 4. The highest BCUT2D eigenvalue weighted by Gasteiger charge is 2.30. The third-order valence-corrected chi connectivity index (χ3v) is 8.53. The lowest BCUT2D eigenvalue weighted by atomic mass is 9.92.